The average molecular weight is 406 g/mol. The minimum atomic E-state index is -0.789. The van der Waals surface area contributed by atoms with Crippen LogP contribution < -0.4 is 0 Å². The summed E-state index contributed by atoms with van der Waals surface area (Å²) >= 11 is 0. The van der Waals surface area contributed by atoms with Crippen molar-refractivity contribution in [2.24, 2.45) is 0 Å². The lowest BCUT2D eigenvalue weighted by molar-refractivity contribution is -0.147. The third-order valence-corrected chi connectivity index (χ3v) is 4.58. The summed E-state index contributed by atoms with van der Waals surface area (Å²) < 4.78 is 26.3. The molecule has 2 rings (SSSR count). The Hall–Kier alpha value is -2.22. The highest BCUT2D eigenvalue weighted by Gasteiger charge is 2.16. The van der Waals surface area contributed by atoms with E-state index in [-0.39, 0.29) is 18.4 Å². The molecule has 29 heavy (non-hydrogen) atoms. The summed E-state index contributed by atoms with van der Waals surface area (Å²) in [6.07, 6.45) is 2.19. The molecule has 1 atom stereocenters. The number of rotatable bonds is 13. The highest BCUT2D eigenvalue weighted by atomic mass is 19.1. The molecule has 160 valence electrons. The molecule has 6 nitrogen and oxygen atoms in total. The van der Waals surface area contributed by atoms with E-state index in [2.05, 4.69) is 0 Å². The predicted molar refractivity (Wildman–Crippen MR) is 109 cm³/mol. The van der Waals surface area contributed by atoms with E-state index in [1.165, 1.54) is 6.07 Å². The van der Waals surface area contributed by atoms with Crippen molar-refractivity contribution >= 4 is 5.97 Å². The molecule has 0 unspecified atom stereocenters. The molecule has 0 saturated carbocycles. The van der Waals surface area contributed by atoms with Crippen LogP contribution in [0.4, 0.5) is 4.39 Å². The Labute approximate surface area is 171 Å². The first-order chi connectivity index (χ1) is 14.0. The summed E-state index contributed by atoms with van der Waals surface area (Å²) in [5.41, 5.74) is 1.62. The van der Waals surface area contributed by atoms with E-state index in [0.29, 0.717) is 51.2 Å². The van der Waals surface area contributed by atoms with Crippen LogP contribution >= 0.6 is 0 Å². The SMILES string of the molecule is CCCC(=O)OC[C@H](O)CN(CCOC)Cc1cccn1Cc1ccccc1F. The highest BCUT2D eigenvalue weighted by molar-refractivity contribution is 5.69. The number of carbonyl (C=O) groups is 1. The zero-order valence-electron chi connectivity index (χ0n) is 17.2. The molecule has 1 aromatic carbocycles. The number of halogens is 1. The van der Waals surface area contributed by atoms with E-state index in [0.717, 1.165) is 5.69 Å². The van der Waals surface area contributed by atoms with Crippen molar-refractivity contribution in [1.82, 2.24) is 9.47 Å². The maximum Gasteiger partial charge on any atom is 0.305 e. The number of hydrogen-bond acceptors (Lipinski definition) is 5. The number of esters is 1. The lowest BCUT2D eigenvalue weighted by Gasteiger charge is -2.25. The number of aliphatic hydroxyl groups excluding tert-OH is 1. The van der Waals surface area contributed by atoms with Gasteiger partial charge in [-0.3, -0.25) is 9.69 Å². The monoisotopic (exact) mass is 406 g/mol. The van der Waals surface area contributed by atoms with Gasteiger partial charge < -0.3 is 19.1 Å². The van der Waals surface area contributed by atoms with Crippen molar-refractivity contribution in [3.05, 3.63) is 59.7 Å². The molecular weight excluding hydrogens is 375 g/mol. The Bertz CT molecular complexity index is 750. The molecule has 2 aromatic rings. The lowest BCUT2D eigenvalue weighted by Crippen LogP contribution is -2.37. The number of benzene rings is 1. The van der Waals surface area contributed by atoms with Crippen molar-refractivity contribution in [2.75, 3.05) is 33.4 Å². The van der Waals surface area contributed by atoms with Crippen molar-refractivity contribution < 1.29 is 23.8 Å². The van der Waals surface area contributed by atoms with Gasteiger partial charge in [0, 0.05) is 50.6 Å². The summed E-state index contributed by atoms with van der Waals surface area (Å²) in [6, 6.07) is 10.6. The van der Waals surface area contributed by atoms with Gasteiger partial charge in [-0.15, -0.1) is 0 Å². The van der Waals surface area contributed by atoms with E-state index in [4.69, 9.17) is 9.47 Å². The van der Waals surface area contributed by atoms with Crippen molar-refractivity contribution in [3.8, 4) is 0 Å². The molecular formula is C22H31FN2O4. The molecule has 0 aliphatic carbocycles. The minimum Gasteiger partial charge on any atom is -0.463 e. The van der Waals surface area contributed by atoms with Gasteiger partial charge in [0.05, 0.1) is 13.2 Å². The second-order valence-electron chi connectivity index (χ2n) is 7.03. The Kier molecular flexibility index (Phi) is 9.83. The van der Waals surface area contributed by atoms with E-state index in [9.17, 15) is 14.3 Å². The van der Waals surface area contributed by atoms with Gasteiger partial charge in [0.1, 0.15) is 18.5 Å². The summed E-state index contributed by atoms with van der Waals surface area (Å²) in [6.45, 7) is 4.33. The average Bonchev–Trinajstić information content (AvgIpc) is 3.13. The molecule has 0 radical (unpaired) electrons. The second-order valence-corrected chi connectivity index (χ2v) is 7.03. The zero-order valence-corrected chi connectivity index (χ0v) is 17.2. The molecule has 0 amide bonds. The molecule has 0 aliphatic heterocycles. The van der Waals surface area contributed by atoms with Crippen LogP contribution in [0.25, 0.3) is 0 Å². The van der Waals surface area contributed by atoms with Crippen LogP contribution in [0.3, 0.4) is 0 Å². The fourth-order valence-corrected chi connectivity index (χ4v) is 3.06. The van der Waals surface area contributed by atoms with E-state index < -0.39 is 6.10 Å². The van der Waals surface area contributed by atoms with Gasteiger partial charge >= 0.3 is 5.97 Å². The first-order valence-corrected chi connectivity index (χ1v) is 9.95. The minimum absolute atomic E-state index is 0.0292. The van der Waals surface area contributed by atoms with Gasteiger partial charge in [0.15, 0.2) is 0 Å². The Morgan fingerprint density at radius 3 is 2.79 bits per heavy atom. The lowest BCUT2D eigenvalue weighted by atomic mass is 10.2. The van der Waals surface area contributed by atoms with Gasteiger partial charge in [-0.05, 0) is 24.6 Å². The standard InChI is InChI=1S/C22H31FN2O4/c1-3-7-22(27)29-17-20(26)16-24(12-13-28-2)15-19-9-6-11-25(19)14-18-8-4-5-10-21(18)23/h4-6,8-11,20,26H,3,7,12-17H2,1-2H3/t20-/m1/s1. The number of carbonyl (C=O) groups excluding carboxylic acids is 1. The van der Waals surface area contributed by atoms with Gasteiger partial charge in [-0.1, -0.05) is 25.1 Å². The fourth-order valence-electron chi connectivity index (χ4n) is 3.06. The van der Waals surface area contributed by atoms with Crippen molar-refractivity contribution in [1.29, 1.82) is 0 Å². The number of ether oxygens (including phenoxy) is 2. The number of nitrogens with zero attached hydrogens (tertiary/aromatic N) is 2. The van der Waals surface area contributed by atoms with Crippen molar-refractivity contribution in [3.63, 3.8) is 0 Å². The van der Waals surface area contributed by atoms with Crippen LogP contribution in [0.2, 0.25) is 0 Å². The maximum atomic E-state index is 14.0. The number of hydrogen-bond donors (Lipinski definition) is 1. The first kappa shape index (κ1) is 23.1. The van der Waals surface area contributed by atoms with Crippen LogP contribution in [0, 0.1) is 5.82 Å². The highest BCUT2D eigenvalue weighted by Crippen LogP contribution is 2.13. The van der Waals surface area contributed by atoms with Crippen LogP contribution in [0.15, 0.2) is 42.6 Å². The van der Waals surface area contributed by atoms with Crippen molar-refractivity contribution in [2.45, 2.75) is 39.0 Å². The molecule has 0 bridgehead atoms. The maximum absolute atomic E-state index is 14.0. The molecule has 7 heteroatoms. The summed E-state index contributed by atoms with van der Waals surface area (Å²) in [5, 5.41) is 10.3. The van der Waals surface area contributed by atoms with Gasteiger partial charge in [0.2, 0.25) is 0 Å². The van der Waals surface area contributed by atoms with Crippen LogP contribution in [-0.2, 0) is 27.4 Å². The number of aromatic nitrogens is 1. The van der Waals surface area contributed by atoms with Gasteiger partial charge in [-0.25, -0.2) is 4.39 Å². The largest absolute Gasteiger partial charge is 0.463 e. The molecule has 0 fully saturated rings. The topological polar surface area (TPSA) is 63.9 Å². The molecule has 0 aliphatic rings. The molecule has 0 spiro atoms. The summed E-state index contributed by atoms with van der Waals surface area (Å²) in [7, 11) is 1.63. The molecule has 1 heterocycles. The van der Waals surface area contributed by atoms with E-state index in [1.54, 1.807) is 19.2 Å². The Balaban J connectivity index is 1.98. The van der Waals surface area contributed by atoms with Gasteiger partial charge in [0.25, 0.3) is 0 Å². The summed E-state index contributed by atoms with van der Waals surface area (Å²) in [4.78, 5) is 13.5. The van der Waals surface area contributed by atoms with E-state index in [1.807, 2.05) is 40.8 Å². The normalized spacial score (nSPS) is 12.3. The molecule has 0 saturated heterocycles. The van der Waals surface area contributed by atoms with Crippen LogP contribution in [-0.4, -0.2) is 60.1 Å². The first-order valence-electron chi connectivity index (χ1n) is 9.95. The fraction of sp³-hybridized carbons (Fsp3) is 0.500. The molecule has 1 N–H and O–H groups in total. The Morgan fingerprint density at radius 2 is 2.07 bits per heavy atom. The van der Waals surface area contributed by atoms with Crippen LogP contribution in [0.1, 0.15) is 31.0 Å². The number of aliphatic hydroxyl groups is 1. The third-order valence-electron chi connectivity index (χ3n) is 4.58. The third kappa shape index (κ3) is 7.97. The van der Waals surface area contributed by atoms with Gasteiger partial charge in [-0.2, -0.15) is 0 Å². The van der Waals surface area contributed by atoms with E-state index >= 15 is 0 Å². The quantitative estimate of drug-likeness (QED) is 0.518. The smallest absolute Gasteiger partial charge is 0.305 e. The summed E-state index contributed by atoms with van der Waals surface area (Å²) in [5.74, 6) is -0.526. The number of methoxy groups -OCH3 is 1. The van der Waals surface area contributed by atoms with Crippen LogP contribution in [0.5, 0.6) is 0 Å². The predicted octanol–water partition coefficient (Wildman–Crippen LogP) is 2.83. The second kappa shape index (κ2) is 12.4. The zero-order chi connectivity index (χ0) is 21.1. The Morgan fingerprint density at radius 1 is 1.28 bits per heavy atom. The molecule has 1 aromatic heterocycles.